The first-order valence-electron chi connectivity index (χ1n) is 10.7. The molecule has 3 heterocycles. The minimum atomic E-state index is -0.433. The van der Waals surface area contributed by atoms with Crippen molar-refractivity contribution in [3.05, 3.63) is 48.5 Å². The maximum Gasteiger partial charge on any atom is 0.275 e. The van der Waals surface area contributed by atoms with Crippen LogP contribution in [0.5, 0.6) is 5.88 Å². The number of fused-ring (bicyclic) bond motifs is 2. The number of rotatable bonds is 6. The molecule has 1 N–H and O–H groups in total. The molecule has 0 saturated carbocycles. The zero-order valence-electron chi connectivity index (χ0n) is 18.2. The largest absolute Gasteiger partial charge is 0.493 e. The summed E-state index contributed by atoms with van der Waals surface area (Å²) in [5, 5.41) is 20.1. The Kier molecular flexibility index (Phi) is 6.12. The molecule has 9 nitrogen and oxygen atoms in total. The van der Waals surface area contributed by atoms with Crippen LogP contribution in [0.4, 0.5) is 5.69 Å². The van der Waals surface area contributed by atoms with Crippen LogP contribution < -0.4 is 0 Å². The number of carbonyl (C=O) groups excluding carboxylic acids is 1. The van der Waals surface area contributed by atoms with E-state index in [0.29, 0.717) is 23.2 Å². The van der Waals surface area contributed by atoms with Crippen molar-refractivity contribution in [2.24, 2.45) is 10.2 Å². The highest BCUT2D eigenvalue weighted by Crippen LogP contribution is 2.39. The van der Waals surface area contributed by atoms with E-state index in [1.165, 1.54) is 11.8 Å². The quantitative estimate of drug-likeness (QED) is 0.339. The minimum absolute atomic E-state index is 0.0123. The second kappa shape index (κ2) is 9.34. The summed E-state index contributed by atoms with van der Waals surface area (Å²) in [4.78, 5) is 21.3. The molecule has 0 spiro atoms. The number of aromatic hydroxyl groups is 1. The van der Waals surface area contributed by atoms with Gasteiger partial charge in [-0.25, -0.2) is 4.98 Å². The summed E-state index contributed by atoms with van der Waals surface area (Å²) in [6.45, 7) is 4.37. The van der Waals surface area contributed by atoms with Crippen LogP contribution in [0.1, 0.15) is 0 Å². The normalized spacial score (nSPS) is 15.8. The van der Waals surface area contributed by atoms with Gasteiger partial charge in [-0.3, -0.25) is 14.3 Å². The van der Waals surface area contributed by atoms with Crippen LogP contribution in [-0.4, -0.2) is 69.3 Å². The topological polar surface area (TPSA) is 99.5 Å². The molecule has 33 heavy (non-hydrogen) atoms. The lowest BCUT2D eigenvalue weighted by molar-refractivity contribution is -0.115. The molecule has 0 unspecified atom stereocenters. The molecule has 2 aromatic carbocycles. The fourth-order valence-electron chi connectivity index (χ4n) is 3.87. The van der Waals surface area contributed by atoms with Crippen LogP contribution >= 0.6 is 11.8 Å². The summed E-state index contributed by atoms with van der Waals surface area (Å²) < 4.78 is 7.44. The summed E-state index contributed by atoms with van der Waals surface area (Å²) in [7, 11) is 2.11. The van der Waals surface area contributed by atoms with Crippen molar-refractivity contribution >= 4 is 45.4 Å². The summed E-state index contributed by atoms with van der Waals surface area (Å²) in [5.41, 5.74) is 2.58. The van der Waals surface area contributed by atoms with Crippen LogP contribution in [0, 0.1) is 0 Å². The van der Waals surface area contributed by atoms with Crippen LogP contribution in [0.3, 0.4) is 0 Å². The highest BCUT2D eigenvalue weighted by atomic mass is 32.2. The summed E-state index contributed by atoms with van der Waals surface area (Å²) in [6, 6.07) is 15.0. The SMILES string of the molecule is CN1CCN(Cn2c(O)c(N=NC(=O)CSc3nc4ccccc4o3)c3ccccc32)CC1. The Bertz CT molecular complexity index is 1290. The number of hydrogen-bond donors (Lipinski definition) is 1. The standard InChI is InChI=1S/C23H24N6O3S/c1-27-10-12-28(13-11-27)15-29-18-8-4-2-6-16(18)21(22(29)31)26-25-20(30)14-33-23-24-17-7-3-5-9-19(17)32-23/h2-9,31H,10-15H2,1H3. The predicted molar refractivity (Wildman–Crippen MR) is 127 cm³/mol. The van der Waals surface area contributed by atoms with Gasteiger partial charge in [0.1, 0.15) is 5.52 Å². The monoisotopic (exact) mass is 464 g/mol. The predicted octanol–water partition coefficient (Wildman–Crippen LogP) is 4.10. The molecule has 0 atom stereocenters. The third-order valence-electron chi connectivity index (χ3n) is 5.71. The van der Waals surface area contributed by atoms with E-state index >= 15 is 0 Å². The average Bonchev–Trinajstić information content (AvgIpc) is 3.36. The molecule has 0 radical (unpaired) electrons. The summed E-state index contributed by atoms with van der Waals surface area (Å²) in [5.74, 6) is -0.382. The van der Waals surface area contributed by atoms with E-state index in [1.807, 2.05) is 53.1 Å². The van der Waals surface area contributed by atoms with Gasteiger partial charge in [-0.1, -0.05) is 42.1 Å². The molecule has 0 bridgehead atoms. The number of amides is 1. The number of piperazine rings is 1. The first-order chi connectivity index (χ1) is 16.1. The maximum absolute atomic E-state index is 12.4. The van der Waals surface area contributed by atoms with Gasteiger partial charge in [-0.05, 0) is 25.2 Å². The molecular weight excluding hydrogens is 440 g/mol. The zero-order chi connectivity index (χ0) is 22.8. The number of para-hydroxylation sites is 3. The first kappa shape index (κ1) is 21.6. The molecule has 0 aliphatic carbocycles. The Balaban J connectivity index is 1.31. The zero-order valence-corrected chi connectivity index (χ0v) is 19.0. The van der Waals surface area contributed by atoms with Crippen LogP contribution in [0.15, 0.2) is 68.4 Å². The van der Waals surface area contributed by atoms with E-state index < -0.39 is 5.91 Å². The number of azo groups is 1. The lowest BCUT2D eigenvalue weighted by atomic mass is 10.2. The molecule has 1 aliphatic rings. The highest BCUT2D eigenvalue weighted by Gasteiger charge is 2.21. The molecule has 1 aliphatic heterocycles. The van der Waals surface area contributed by atoms with Crippen molar-refractivity contribution in [2.45, 2.75) is 11.9 Å². The second-order valence-corrected chi connectivity index (χ2v) is 8.94. The Morgan fingerprint density at radius 2 is 1.88 bits per heavy atom. The van der Waals surface area contributed by atoms with Gasteiger partial charge in [-0.15, -0.1) is 10.2 Å². The number of thioether (sulfide) groups is 1. The Morgan fingerprint density at radius 1 is 1.12 bits per heavy atom. The Morgan fingerprint density at radius 3 is 2.70 bits per heavy atom. The van der Waals surface area contributed by atoms with Crippen molar-refractivity contribution in [3.63, 3.8) is 0 Å². The minimum Gasteiger partial charge on any atom is -0.493 e. The molecule has 2 aromatic heterocycles. The lowest BCUT2D eigenvalue weighted by Gasteiger charge is -2.32. The van der Waals surface area contributed by atoms with E-state index in [0.717, 1.165) is 42.6 Å². The van der Waals surface area contributed by atoms with Gasteiger partial charge in [0.15, 0.2) is 11.3 Å². The van der Waals surface area contributed by atoms with E-state index in [-0.39, 0.29) is 11.6 Å². The van der Waals surface area contributed by atoms with Gasteiger partial charge in [0.2, 0.25) is 5.88 Å². The Hall–Kier alpha value is -3.21. The van der Waals surface area contributed by atoms with Gasteiger partial charge in [-0.2, -0.15) is 0 Å². The van der Waals surface area contributed by atoms with Gasteiger partial charge >= 0.3 is 0 Å². The lowest BCUT2D eigenvalue weighted by Crippen LogP contribution is -2.44. The molecule has 170 valence electrons. The summed E-state index contributed by atoms with van der Waals surface area (Å²) >= 11 is 1.17. The molecule has 1 fully saturated rings. The van der Waals surface area contributed by atoms with E-state index in [1.54, 1.807) is 0 Å². The van der Waals surface area contributed by atoms with Gasteiger partial charge < -0.3 is 14.4 Å². The fourth-order valence-corrected chi connectivity index (χ4v) is 4.49. The number of oxazole rings is 1. The number of likely N-dealkylation sites (N-methyl/N-ethyl adjacent to an activating group) is 1. The maximum atomic E-state index is 12.4. The Labute approximate surface area is 194 Å². The van der Waals surface area contributed by atoms with Crippen molar-refractivity contribution in [2.75, 3.05) is 39.0 Å². The molecule has 10 heteroatoms. The number of hydrogen-bond acceptors (Lipinski definition) is 8. The number of nitrogens with zero attached hydrogens (tertiary/aromatic N) is 6. The fraction of sp³-hybridized carbons (Fsp3) is 0.304. The van der Waals surface area contributed by atoms with Gasteiger partial charge in [0.05, 0.1) is 17.9 Å². The van der Waals surface area contributed by atoms with E-state index in [9.17, 15) is 9.90 Å². The van der Waals surface area contributed by atoms with Gasteiger partial charge in [0.25, 0.3) is 11.1 Å². The highest BCUT2D eigenvalue weighted by molar-refractivity contribution is 7.99. The van der Waals surface area contributed by atoms with Crippen molar-refractivity contribution in [1.82, 2.24) is 19.4 Å². The van der Waals surface area contributed by atoms with Crippen molar-refractivity contribution in [3.8, 4) is 5.88 Å². The third-order valence-corrected chi connectivity index (χ3v) is 6.52. The van der Waals surface area contributed by atoms with E-state index in [2.05, 4.69) is 32.1 Å². The van der Waals surface area contributed by atoms with Crippen LogP contribution in [0.2, 0.25) is 0 Å². The third kappa shape index (κ3) is 4.63. The molecule has 5 rings (SSSR count). The van der Waals surface area contributed by atoms with Crippen LogP contribution in [0.25, 0.3) is 22.0 Å². The molecule has 1 amide bonds. The number of aromatic nitrogens is 2. The van der Waals surface area contributed by atoms with Crippen molar-refractivity contribution < 1.29 is 14.3 Å². The first-order valence-corrected chi connectivity index (χ1v) is 11.7. The number of carbonyl (C=O) groups is 1. The van der Waals surface area contributed by atoms with Gasteiger partial charge in [0, 0.05) is 31.6 Å². The van der Waals surface area contributed by atoms with Crippen molar-refractivity contribution in [1.29, 1.82) is 0 Å². The molecule has 4 aromatic rings. The smallest absolute Gasteiger partial charge is 0.275 e. The number of benzene rings is 2. The summed E-state index contributed by atoms with van der Waals surface area (Å²) in [6.07, 6.45) is 0. The molecular formula is C23H24N6O3S. The molecule has 1 saturated heterocycles. The van der Waals surface area contributed by atoms with Crippen LogP contribution in [-0.2, 0) is 11.5 Å². The average molecular weight is 465 g/mol. The second-order valence-electron chi connectivity index (χ2n) is 8.01. The van der Waals surface area contributed by atoms with E-state index in [4.69, 9.17) is 4.42 Å².